The van der Waals surface area contributed by atoms with Gasteiger partial charge in [-0.2, -0.15) is 0 Å². The maximum atomic E-state index is 13.4. The molecule has 0 spiro atoms. The summed E-state index contributed by atoms with van der Waals surface area (Å²) in [7, 11) is 0. The van der Waals surface area contributed by atoms with Gasteiger partial charge in [-0.3, -0.25) is 9.80 Å². The molecule has 2 aromatic rings. The van der Waals surface area contributed by atoms with E-state index in [1.165, 1.54) is 37.3 Å². The Bertz CT molecular complexity index is 763. The van der Waals surface area contributed by atoms with Gasteiger partial charge in [-0.25, -0.2) is 9.37 Å². The number of nitrogens with zero attached hydrogens (tertiary/aromatic N) is 4. The highest BCUT2D eigenvalue weighted by atomic mass is 19.1. The van der Waals surface area contributed by atoms with Crippen LogP contribution in [0.5, 0.6) is 0 Å². The van der Waals surface area contributed by atoms with Crippen LogP contribution in [0.3, 0.4) is 0 Å². The molecule has 4 saturated heterocycles. The van der Waals surface area contributed by atoms with Crippen LogP contribution in [0.15, 0.2) is 36.7 Å². The van der Waals surface area contributed by atoms with Crippen molar-refractivity contribution in [2.45, 2.75) is 50.9 Å². The van der Waals surface area contributed by atoms with Crippen molar-refractivity contribution < 1.29 is 4.39 Å². The number of aromatic nitrogens is 2. The molecule has 6 rings (SSSR count). The van der Waals surface area contributed by atoms with Gasteiger partial charge in [0.2, 0.25) is 0 Å². The van der Waals surface area contributed by atoms with Crippen LogP contribution in [0.1, 0.15) is 37.1 Å². The highest BCUT2D eigenvalue weighted by Crippen LogP contribution is 2.46. The monoisotopic (exact) mass is 354 g/mol. The number of imidazole rings is 1. The minimum Gasteiger partial charge on any atom is -0.334 e. The number of likely N-dealkylation sites (tertiary alicyclic amines) is 1. The van der Waals surface area contributed by atoms with Gasteiger partial charge in [0.1, 0.15) is 11.6 Å². The van der Waals surface area contributed by atoms with Crippen LogP contribution < -0.4 is 0 Å². The van der Waals surface area contributed by atoms with Crippen LogP contribution >= 0.6 is 0 Å². The van der Waals surface area contributed by atoms with Gasteiger partial charge >= 0.3 is 0 Å². The van der Waals surface area contributed by atoms with E-state index in [0.29, 0.717) is 18.0 Å². The maximum Gasteiger partial charge on any atom is 0.123 e. The second-order valence-electron chi connectivity index (χ2n) is 8.07. The minimum absolute atomic E-state index is 0.143. The summed E-state index contributed by atoms with van der Waals surface area (Å²) < 4.78 is 15.7. The van der Waals surface area contributed by atoms with Gasteiger partial charge in [0.05, 0.1) is 6.54 Å². The molecule has 4 aliphatic heterocycles. The molecular formula is C21H27FN4. The lowest BCUT2D eigenvalue weighted by atomic mass is 9.75. The van der Waals surface area contributed by atoms with Gasteiger partial charge in [-0.05, 0) is 56.5 Å². The minimum atomic E-state index is -0.143. The first-order chi connectivity index (χ1) is 12.7. The zero-order valence-electron chi connectivity index (χ0n) is 15.4. The molecule has 5 heterocycles. The smallest absolute Gasteiger partial charge is 0.123 e. The Morgan fingerprint density at radius 2 is 1.88 bits per heavy atom. The third-order valence-corrected chi connectivity index (χ3v) is 6.88. The first-order valence-corrected chi connectivity index (χ1v) is 9.98. The standard InChI is InChI=1S/C21H27FN4/c1-2-24-12-9-23-19(24)14-26-13-18(15-3-5-17(22)6-4-15)21-20(26)16-7-10-25(21)11-8-16/h3-6,9,12,16,18,20-21H,2,7-8,10-11,13-14H2,1H3/t18-,20+,21+/m0/s1. The number of hydrogen-bond acceptors (Lipinski definition) is 3. The number of fused-ring (bicyclic) bond motifs is 2. The van der Waals surface area contributed by atoms with Crippen molar-refractivity contribution in [2.24, 2.45) is 5.92 Å². The summed E-state index contributed by atoms with van der Waals surface area (Å²) in [5.41, 5.74) is 1.29. The molecule has 138 valence electrons. The number of hydrogen-bond donors (Lipinski definition) is 0. The highest BCUT2D eigenvalue weighted by molar-refractivity contribution is 5.27. The third-order valence-electron chi connectivity index (χ3n) is 6.88. The van der Waals surface area contributed by atoms with Crippen LogP contribution in [-0.4, -0.2) is 51.1 Å². The Morgan fingerprint density at radius 3 is 2.62 bits per heavy atom. The predicted molar refractivity (Wildman–Crippen MR) is 99.3 cm³/mol. The predicted octanol–water partition coefficient (Wildman–Crippen LogP) is 3.10. The van der Waals surface area contributed by atoms with Gasteiger partial charge in [-0.1, -0.05) is 12.1 Å². The Balaban J connectivity index is 1.47. The summed E-state index contributed by atoms with van der Waals surface area (Å²) in [6.07, 6.45) is 6.63. The van der Waals surface area contributed by atoms with Crippen LogP contribution in [-0.2, 0) is 13.1 Å². The molecular weight excluding hydrogens is 327 g/mol. The normalized spacial score (nSPS) is 33.5. The molecule has 4 fully saturated rings. The number of rotatable bonds is 4. The molecule has 26 heavy (non-hydrogen) atoms. The highest BCUT2D eigenvalue weighted by Gasteiger charge is 2.53. The lowest BCUT2D eigenvalue weighted by Crippen LogP contribution is -2.60. The molecule has 2 bridgehead atoms. The van der Waals surface area contributed by atoms with Gasteiger partial charge in [-0.15, -0.1) is 0 Å². The molecule has 0 aliphatic carbocycles. The maximum absolute atomic E-state index is 13.4. The van der Waals surface area contributed by atoms with Gasteiger partial charge < -0.3 is 4.57 Å². The SMILES string of the molecule is CCn1ccnc1CN1C[C@@H](c2ccc(F)cc2)[C@@H]2[C@H]1C1CCN2CC1. The summed E-state index contributed by atoms with van der Waals surface area (Å²) >= 11 is 0. The van der Waals surface area contributed by atoms with Crippen molar-refractivity contribution in [2.75, 3.05) is 19.6 Å². The number of aryl methyl sites for hydroxylation is 1. The number of piperidine rings is 3. The fourth-order valence-electron chi connectivity index (χ4n) is 5.69. The molecule has 4 aliphatic rings. The molecule has 0 radical (unpaired) electrons. The Morgan fingerprint density at radius 1 is 1.12 bits per heavy atom. The van der Waals surface area contributed by atoms with E-state index in [9.17, 15) is 4.39 Å². The fourth-order valence-corrected chi connectivity index (χ4v) is 5.69. The van der Waals surface area contributed by atoms with E-state index in [2.05, 4.69) is 32.5 Å². The van der Waals surface area contributed by atoms with Gasteiger partial charge in [0, 0.05) is 43.5 Å². The summed E-state index contributed by atoms with van der Waals surface area (Å²) in [5, 5.41) is 0. The average molecular weight is 354 g/mol. The van der Waals surface area contributed by atoms with E-state index in [1.54, 1.807) is 12.1 Å². The molecule has 0 amide bonds. The van der Waals surface area contributed by atoms with E-state index < -0.39 is 0 Å². The second-order valence-corrected chi connectivity index (χ2v) is 8.07. The Hall–Kier alpha value is -1.72. The lowest BCUT2D eigenvalue weighted by molar-refractivity contribution is -0.00952. The average Bonchev–Trinajstić information content (AvgIpc) is 3.29. The molecule has 1 aromatic heterocycles. The molecule has 4 nitrogen and oxygen atoms in total. The van der Waals surface area contributed by atoms with Crippen LogP contribution in [0.4, 0.5) is 4.39 Å². The largest absolute Gasteiger partial charge is 0.334 e. The van der Waals surface area contributed by atoms with Crippen molar-refractivity contribution in [1.82, 2.24) is 19.4 Å². The van der Waals surface area contributed by atoms with Crippen molar-refractivity contribution >= 4 is 0 Å². The molecule has 0 N–H and O–H groups in total. The third kappa shape index (κ3) is 2.60. The second kappa shape index (κ2) is 6.46. The Kier molecular flexibility index (Phi) is 4.09. The van der Waals surface area contributed by atoms with E-state index >= 15 is 0 Å². The summed E-state index contributed by atoms with van der Waals surface area (Å²) in [6.45, 7) is 7.55. The molecule has 5 heteroatoms. The molecule has 1 aromatic carbocycles. The zero-order valence-corrected chi connectivity index (χ0v) is 15.4. The molecule has 0 saturated carbocycles. The first-order valence-electron chi connectivity index (χ1n) is 9.98. The molecule has 3 atom stereocenters. The Labute approximate surface area is 154 Å². The summed E-state index contributed by atoms with van der Waals surface area (Å²) in [6, 6.07) is 8.40. The molecule has 0 unspecified atom stereocenters. The van der Waals surface area contributed by atoms with Crippen molar-refractivity contribution in [3.63, 3.8) is 0 Å². The zero-order chi connectivity index (χ0) is 17.7. The van der Waals surface area contributed by atoms with Crippen LogP contribution in [0.2, 0.25) is 0 Å². The van der Waals surface area contributed by atoms with E-state index in [0.717, 1.165) is 25.6 Å². The van der Waals surface area contributed by atoms with Crippen LogP contribution in [0, 0.1) is 11.7 Å². The number of halogens is 1. The van der Waals surface area contributed by atoms with Gasteiger partial charge in [0.25, 0.3) is 0 Å². The number of benzene rings is 1. The first kappa shape index (κ1) is 16.5. The van der Waals surface area contributed by atoms with E-state index in [4.69, 9.17) is 0 Å². The topological polar surface area (TPSA) is 24.3 Å². The van der Waals surface area contributed by atoms with Gasteiger partial charge in [0.15, 0.2) is 0 Å². The van der Waals surface area contributed by atoms with Crippen molar-refractivity contribution in [3.05, 3.63) is 53.9 Å². The van der Waals surface area contributed by atoms with Crippen molar-refractivity contribution in [3.8, 4) is 0 Å². The van der Waals surface area contributed by atoms with Crippen molar-refractivity contribution in [1.29, 1.82) is 0 Å². The summed E-state index contributed by atoms with van der Waals surface area (Å²) in [4.78, 5) is 9.99. The van der Waals surface area contributed by atoms with E-state index in [-0.39, 0.29) is 5.82 Å². The lowest BCUT2D eigenvalue weighted by Gasteiger charge is -2.51. The quantitative estimate of drug-likeness (QED) is 0.843. The summed E-state index contributed by atoms with van der Waals surface area (Å²) in [5.74, 6) is 2.28. The van der Waals surface area contributed by atoms with E-state index in [1.807, 2.05) is 18.3 Å². The fraction of sp³-hybridized carbons (Fsp3) is 0.571. The van der Waals surface area contributed by atoms with Crippen LogP contribution in [0.25, 0.3) is 0 Å².